The Kier molecular flexibility index (Phi) is 4.19. The van der Waals surface area contributed by atoms with E-state index in [1.807, 2.05) is 0 Å². The van der Waals surface area contributed by atoms with E-state index in [0.29, 0.717) is 17.9 Å². The molecule has 1 aliphatic heterocycles. The Labute approximate surface area is 123 Å². The summed E-state index contributed by atoms with van der Waals surface area (Å²) in [4.78, 5) is 15.2. The summed E-state index contributed by atoms with van der Waals surface area (Å²) in [5.41, 5.74) is -0.0961. The standard InChI is InChI=1S/C17H29NO2/c1-17(2)9-5-6-13(16(17)19)12-18-10-11-20-15-8-4-3-7-14(15)18/h13-15H,3-12H2,1-2H3. The van der Waals surface area contributed by atoms with E-state index in [1.54, 1.807) is 0 Å². The summed E-state index contributed by atoms with van der Waals surface area (Å²) in [5.74, 6) is 0.766. The maximum Gasteiger partial charge on any atom is 0.142 e. The van der Waals surface area contributed by atoms with Crippen molar-refractivity contribution in [1.29, 1.82) is 0 Å². The molecule has 0 amide bonds. The molecule has 0 N–H and O–H groups in total. The van der Waals surface area contributed by atoms with Gasteiger partial charge in [0.05, 0.1) is 12.7 Å². The molecule has 0 aromatic heterocycles. The van der Waals surface area contributed by atoms with Gasteiger partial charge in [-0.3, -0.25) is 9.69 Å². The average molecular weight is 279 g/mol. The first kappa shape index (κ1) is 14.5. The van der Waals surface area contributed by atoms with Gasteiger partial charge in [-0.1, -0.05) is 33.1 Å². The largest absolute Gasteiger partial charge is 0.375 e. The number of ketones is 1. The van der Waals surface area contributed by atoms with Crippen LogP contribution in [0.3, 0.4) is 0 Å². The van der Waals surface area contributed by atoms with Crippen LogP contribution in [0, 0.1) is 11.3 Å². The van der Waals surface area contributed by atoms with E-state index in [2.05, 4.69) is 18.7 Å². The second kappa shape index (κ2) is 5.76. The first-order chi connectivity index (χ1) is 9.58. The number of morpholine rings is 1. The van der Waals surface area contributed by atoms with E-state index in [-0.39, 0.29) is 11.3 Å². The summed E-state index contributed by atoms with van der Waals surface area (Å²) in [6.07, 6.45) is 8.91. The summed E-state index contributed by atoms with van der Waals surface area (Å²) >= 11 is 0. The Bertz CT molecular complexity index is 364. The molecule has 3 unspecified atom stereocenters. The van der Waals surface area contributed by atoms with Gasteiger partial charge in [-0.15, -0.1) is 0 Å². The van der Waals surface area contributed by atoms with Crippen molar-refractivity contribution in [2.24, 2.45) is 11.3 Å². The lowest BCUT2D eigenvalue weighted by molar-refractivity contribution is -0.138. The van der Waals surface area contributed by atoms with Crippen LogP contribution in [-0.4, -0.2) is 42.5 Å². The monoisotopic (exact) mass is 279 g/mol. The Morgan fingerprint density at radius 1 is 1.20 bits per heavy atom. The van der Waals surface area contributed by atoms with Crippen molar-refractivity contribution in [3.8, 4) is 0 Å². The lowest BCUT2D eigenvalue weighted by Crippen LogP contribution is -2.55. The molecule has 1 saturated heterocycles. The van der Waals surface area contributed by atoms with E-state index in [4.69, 9.17) is 4.74 Å². The molecule has 3 aliphatic rings. The second-order valence-electron chi connectivity index (χ2n) is 7.59. The Morgan fingerprint density at radius 3 is 2.85 bits per heavy atom. The zero-order valence-corrected chi connectivity index (χ0v) is 13.1. The molecule has 0 spiro atoms. The first-order valence-electron chi connectivity index (χ1n) is 8.48. The number of rotatable bonds is 2. The van der Waals surface area contributed by atoms with Gasteiger partial charge in [0, 0.05) is 30.5 Å². The average Bonchev–Trinajstić information content (AvgIpc) is 2.44. The first-order valence-corrected chi connectivity index (χ1v) is 8.48. The number of carbonyl (C=O) groups is 1. The minimum absolute atomic E-state index is 0.0961. The highest BCUT2D eigenvalue weighted by Crippen LogP contribution is 2.37. The summed E-state index contributed by atoms with van der Waals surface area (Å²) < 4.78 is 5.94. The number of ether oxygens (including phenoxy) is 1. The zero-order chi connectivity index (χ0) is 14.2. The van der Waals surface area contributed by atoms with E-state index in [9.17, 15) is 4.79 Å². The topological polar surface area (TPSA) is 29.5 Å². The van der Waals surface area contributed by atoms with Crippen molar-refractivity contribution in [3.05, 3.63) is 0 Å². The fourth-order valence-corrected chi connectivity index (χ4v) is 4.46. The van der Waals surface area contributed by atoms with Crippen LogP contribution in [0.25, 0.3) is 0 Å². The molecule has 0 radical (unpaired) electrons. The smallest absolute Gasteiger partial charge is 0.142 e. The molecule has 3 atom stereocenters. The molecule has 0 aromatic rings. The van der Waals surface area contributed by atoms with Crippen molar-refractivity contribution >= 4 is 5.78 Å². The van der Waals surface area contributed by atoms with Gasteiger partial charge in [0.1, 0.15) is 5.78 Å². The number of fused-ring (bicyclic) bond motifs is 1. The van der Waals surface area contributed by atoms with Crippen molar-refractivity contribution in [3.63, 3.8) is 0 Å². The lowest BCUT2D eigenvalue weighted by Gasteiger charge is -2.46. The Balaban J connectivity index is 1.65. The van der Waals surface area contributed by atoms with Crippen LogP contribution in [0.5, 0.6) is 0 Å². The minimum Gasteiger partial charge on any atom is -0.375 e. The number of Topliss-reactive ketones (excluding diaryl/α,β-unsaturated/α-hetero) is 1. The normalized spacial score (nSPS) is 38.5. The molecular weight excluding hydrogens is 250 g/mol. The highest BCUT2D eigenvalue weighted by molar-refractivity contribution is 5.87. The van der Waals surface area contributed by atoms with E-state index < -0.39 is 0 Å². The van der Waals surface area contributed by atoms with Crippen molar-refractivity contribution in [1.82, 2.24) is 4.90 Å². The van der Waals surface area contributed by atoms with E-state index >= 15 is 0 Å². The highest BCUT2D eigenvalue weighted by Gasteiger charge is 2.40. The van der Waals surface area contributed by atoms with Crippen LogP contribution >= 0.6 is 0 Å². The zero-order valence-electron chi connectivity index (χ0n) is 13.1. The molecule has 2 aliphatic carbocycles. The Morgan fingerprint density at radius 2 is 2.00 bits per heavy atom. The fourth-order valence-electron chi connectivity index (χ4n) is 4.46. The van der Waals surface area contributed by atoms with Gasteiger partial charge in [-0.2, -0.15) is 0 Å². The van der Waals surface area contributed by atoms with Crippen LogP contribution in [0.4, 0.5) is 0 Å². The Hall–Kier alpha value is -0.410. The summed E-state index contributed by atoms with van der Waals surface area (Å²) in [7, 11) is 0. The van der Waals surface area contributed by atoms with Crippen LogP contribution in [-0.2, 0) is 9.53 Å². The third-order valence-electron chi connectivity index (χ3n) is 5.69. The van der Waals surface area contributed by atoms with Crippen molar-refractivity contribution in [2.45, 2.75) is 70.9 Å². The number of hydrogen-bond donors (Lipinski definition) is 0. The van der Waals surface area contributed by atoms with Crippen molar-refractivity contribution < 1.29 is 9.53 Å². The summed E-state index contributed by atoms with van der Waals surface area (Å²) in [6, 6.07) is 0.579. The lowest BCUT2D eigenvalue weighted by atomic mass is 9.70. The molecule has 20 heavy (non-hydrogen) atoms. The predicted molar refractivity (Wildman–Crippen MR) is 79.7 cm³/mol. The van der Waals surface area contributed by atoms with Crippen LogP contribution in [0.15, 0.2) is 0 Å². The quantitative estimate of drug-likeness (QED) is 0.778. The minimum atomic E-state index is -0.0961. The van der Waals surface area contributed by atoms with Crippen molar-refractivity contribution in [2.75, 3.05) is 19.7 Å². The molecule has 3 rings (SSSR count). The molecule has 3 fully saturated rings. The van der Waals surface area contributed by atoms with Gasteiger partial charge in [0.2, 0.25) is 0 Å². The molecule has 114 valence electrons. The third kappa shape index (κ3) is 2.80. The number of carbonyl (C=O) groups excluding carboxylic acids is 1. The summed E-state index contributed by atoms with van der Waals surface area (Å²) in [6.45, 7) is 7.11. The summed E-state index contributed by atoms with van der Waals surface area (Å²) in [5, 5.41) is 0. The molecule has 0 aromatic carbocycles. The van der Waals surface area contributed by atoms with Crippen LogP contribution < -0.4 is 0 Å². The molecular formula is C17H29NO2. The van der Waals surface area contributed by atoms with Gasteiger partial charge in [0.25, 0.3) is 0 Å². The second-order valence-corrected chi connectivity index (χ2v) is 7.59. The molecule has 2 saturated carbocycles. The maximum atomic E-state index is 12.6. The SMILES string of the molecule is CC1(C)CCCC(CN2CCOC3CCCCC32)C1=O. The number of hydrogen-bond acceptors (Lipinski definition) is 3. The van der Waals surface area contributed by atoms with E-state index in [0.717, 1.165) is 32.5 Å². The van der Waals surface area contributed by atoms with Gasteiger partial charge < -0.3 is 4.74 Å². The van der Waals surface area contributed by atoms with Gasteiger partial charge in [-0.25, -0.2) is 0 Å². The van der Waals surface area contributed by atoms with Crippen LogP contribution in [0.1, 0.15) is 58.8 Å². The fraction of sp³-hybridized carbons (Fsp3) is 0.941. The maximum absolute atomic E-state index is 12.6. The van der Waals surface area contributed by atoms with E-state index in [1.165, 1.54) is 32.1 Å². The molecule has 3 nitrogen and oxygen atoms in total. The van der Waals surface area contributed by atoms with Gasteiger partial charge in [-0.05, 0) is 25.7 Å². The van der Waals surface area contributed by atoms with Gasteiger partial charge in [0.15, 0.2) is 0 Å². The van der Waals surface area contributed by atoms with Gasteiger partial charge >= 0.3 is 0 Å². The number of nitrogens with zero attached hydrogens (tertiary/aromatic N) is 1. The predicted octanol–water partition coefficient (Wildman–Crippen LogP) is 3.03. The third-order valence-corrected chi connectivity index (χ3v) is 5.69. The molecule has 3 heteroatoms. The molecule has 1 heterocycles. The highest BCUT2D eigenvalue weighted by atomic mass is 16.5. The molecule has 0 bridgehead atoms. The van der Waals surface area contributed by atoms with Crippen LogP contribution in [0.2, 0.25) is 0 Å².